The minimum Gasteiger partial charge on any atom is -0.381 e. The molecular weight excluding hydrogens is 352 g/mol. The Labute approximate surface area is 167 Å². The highest BCUT2D eigenvalue weighted by Crippen LogP contribution is 2.35. The number of hydrogen-bond acceptors (Lipinski definition) is 4. The predicted octanol–water partition coefficient (Wildman–Crippen LogP) is 3.63. The average Bonchev–Trinajstić information content (AvgIpc) is 2.76. The highest BCUT2D eigenvalue weighted by atomic mass is 16.5. The molecular formula is C23H30N2O3. The van der Waals surface area contributed by atoms with Gasteiger partial charge in [-0.1, -0.05) is 37.3 Å². The molecule has 1 aliphatic heterocycles. The molecule has 1 saturated heterocycles. The van der Waals surface area contributed by atoms with Crippen molar-refractivity contribution < 1.29 is 14.3 Å². The summed E-state index contributed by atoms with van der Waals surface area (Å²) in [6.07, 6.45) is 6.78. The zero-order valence-corrected chi connectivity index (χ0v) is 16.8. The molecule has 1 fully saturated rings. The summed E-state index contributed by atoms with van der Waals surface area (Å²) in [5.74, 6) is 0.114. The van der Waals surface area contributed by atoms with Crippen LogP contribution in [-0.4, -0.2) is 43.9 Å². The molecule has 2 aromatic rings. The van der Waals surface area contributed by atoms with Gasteiger partial charge in [0.15, 0.2) is 0 Å². The predicted molar refractivity (Wildman–Crippen MR) is 110 cm³/mol. The third-order valence-electron chi connectivity index (χ3n) is 5.70. The molecule has 0 bridgehead atoms. The monoisotopic (exact) mass is 382 g/mol. The van der Waals surface area contributed by atoms with E-state index in [-0.39, 0.29) is 12.0 Å². The number of aromatic nitrogens is 1. The van der Waals surface area contributed by atoms with Gasteiger partial charge < -0.3 is 14.8 Å². The van der Waals surface area contributed by atoms with Crippen LogP contribution < -0.4 is 5.32 Å². The number of nitrogens with one attached hydrogen (secondary N) is 1. The van der Waals surface area contributed by atoms with Crippen molar-refractivity contribution in [2.75, 3.05) is 26.9 Å². The first-order valence-electron chi connectivity index (χ1n) is 10.0. The minimum absolute atomic E-state index is 0.0552. The zero-order chi connectivity index (χ0) is 19.8. The third-order valence-corrected chi connectivity index (χ3v) is 5.70. The Morgan fingerprint density at radius 2 is 1.96 bits per heavy atom. The smallest absolute Gasteiger partial charge is 0.226 e. The molecule has 0 saturated carbocycles. The first-order valence-corrected chi connectivity index (χ1v) is 10.0. The van der Waals surface area contributed by atoms with E-state index in [1.807, 2.05) is 12.3 Å². The normalized spacial score (nSPS) is 17.1. The van der Waals surface area contributed by atoms with Gasteiger partial charge in [0.2, 0.25) is 5.91 Å². The Hall–Kier alpha value is -2.24. The second kappa shape index (κ2) is 9.80. The summed E-state index contributed by atoms with van der Waals surface area (Å²) in [6, 6.07) is 12.4. The molecule has 1 aromatic heterocycles. The standard InChI is InChI=1S/C23H30N2O3/c1-3-21(27-2)17-25-22(26)23(10-13-28-14-11-23)15-18-6-8-19(9-7-18)20-5-4-12-24-16-20/h4-9,12,16,21H,3,10-11,13-15,17H2,1-2H3,(H,25,26)/t21-/m0/s1. The highest BCUT2D eigenvalue weighted by molar-refractivity contribution is 5.83. The van der Waals surface area contributed by atoms with Gasteiger partial charge >= 0.3 is 0 Å². The van der Waals surface area contributed by atoms with Crippen LogP contribution in [0.4, 0.5) is 0 Å². The minimum atomic E-state index is -0.417. The van der Waals surface area contributed by atoms with Crippen LogP contribution in [0.5, 0.6) is 0 Å². The molecule has 28 heavy (non-hydrogen) atoms. The lowest BCUT2D eigenvalue weighted by Crippen LogP contribution is -2.48. The van der Waals surface area contributed by atoms with E-state index >= 15 is 0 Å². The average molecular weight is 383 g/mol. The van der Waals surface area contributed by atoms with Gasteiger partial charge in [-0.25, -0.2) is 0 Å². The number of ether oxygens (including phenoxy) is 2. The first-order chi connectivity index (χ1) is 13.7. The summed E-state index contributed by atoms with van der Waals surface area (Å²) in [5.41, 5.74) is 2.98. The van der Waals surface area contributed by atoms with Gasteiger partial charge in [-0.3, -0.25) is 9.78 Å². The van der Waals surface area contributed by atoms with Crippen molar-refractivity contribution in [1.29, 1.82) is 0 Å². The Morgan fingerprint density at radius 1 is 1.21 bits per heavy atom. The first kappa shape index (κ1) is 20.5. The highest BCUT2D eigenvalue weighted by Gasteiger charge is 2.40. The van der Waals surface area contributed by atoms with E-state index in [9.17, 15) is 4.79 Å². The number of carbonyl (C=O) groups is 1. The fraction of sp³-hybridized carbons (Fsp3) is 0.478. The maximum Gasteiger partial charge on any atom is 0.226 e. The van der Waals surface area contributed by atoms with Gasteiger partial charge in [0.1, 0.15) is 0 Å². The van der Waals surface area contributed by atoms with E-state index in [1.54, 1.807) is 13.3 Å². The van der Waals surface area contributed by atoms with E-state index in [4.69, 9.17) is 9.47 Å². The van der Waals surface area contributed by atoms with Gasteiger partial charge in [-0.2, -0.15) is 0 Å². The third kappa shape index (κ3) is 4.97. The van der Waals surface area contributed by atoms with Gasteiger partial charge in [0.05, 0.1) is 11.5 Å². The maximum absolute atomic E-state index is 13.1. The molecule has 1 amide bonds. The van der Waals surface area contributed by atoms with Gasteiger partial charge in [-0.15, -0.1) is 0 Å². The molecule has 0 radical (unpaired) electrons. The molecule has 1 aromatic carbocycles. The van der Waals surface area contributed by atoms with Crippen LogP contribution >= 0.6 is 0 Å². The second-order valence-electron chi connectivity index (χ2n) is 7.48. The van der Waals surface area contributed by atoms with Crippen molar-refractivity contribution in [3.05, 3.63) is 54.4 Å². The number of benzene rings is 1. The van der Waals surface area contributed by atoms with E-state index in [0.29, 0.717) is 19.8 Å². The van der Waals surface area contributed by atoms with E-state index in [0.717, 1.165) is 36.8 Å². The SMILES string of the molecule is CC[C@@H](CNC(=O)C1(Cc2ccc(-c3cccnc3)cc2)CCOCC1)OC. The van der Waals surface area contributed by atoms with E-state index in [1.165, 1.54) is 5.56 Å². The number of methoxy groups -OCH3 is 1. The number of hydrogen-bond donors (Lipinski definition) is 1. The van der Waals surface area contributed by atoms with Crippen molar-refractivity contribution in [1.82, 2.24) is 10.3 Å². The summed E-state index contributed by atoms with van der Waals surface area (Å²) in [4.78, 5) is 17.3. The molecule has 150 valence electrons. The zero-order valence-electron chi connectivity index (χ0n) is 16.8. The summed E-state index contributed by atoms with van der Waals surface area (Å²) in [7, 11) is 1.69. The number of amides is 1. The second-order valence-corrected chi connectivity index (χ2v) is 7.48. The van der Waals surface area contributed by atoms with Crippen LogP contribution in [0.15, 0.2) is 48.8 Å². The van der Waals surface area contributed by atoms with Crippen LogP contribution in [0.25, 0.3) is 11.1 Å². The fourth-order valence-corrected chi connectivity index (χ4v) is 3.77. The lowest BCUT2D eigenvalue weighted by atomic mass is 9.74. The Morgan fingerprint density at radius 3 is 2.57 bits per heavy atom. The maximum atomic E-state index is 13.1. The Kier molecular flexibility index (Phi) is 7.18. The fourth-order valence-electron chi connectivity index (χ4n) is 3.77. The van der Waals surface area contributed by atoms with Crippen molar-refractivity contribution in [2.45, 2.75) is 38.7 Å². The summed E-state index contributed by atoms with van der Waals surface area (Å²) >= 11 is 0. The molecule has 0 spiro atoms. The number of rotatable bonds is 8. The van der Waals surface area contributed by atoms with Gasteiger partial charge in [0.25, 0.3) is 0 Å². The topological polar surface area (TPSA) is 60.5 Å². The summed E-state index contributed by atoms with van der Waals surface area (Å²) < 4.78 is 10.9. The lowest BCUT2D eigenvalue weighted by molar-refractivity contribution is -0.137. The molecule has 5 nitrogen and oxygen atoms in total. The molecule has 0 unspecified atom stereocenters. The Bertz CT molecular complexity index is 736. The van der Waals surface area contributed by atoms with E-state index < -0.39 is 5.41 Å². The number of nitrogens with zero attached hydrogens (tertiary/aromatic N) is 1. The van der Waals surface area contributed by atoms with Crippen LogP contribution in [0.1, 0.15) is 31.7 Å². The molecule has 1 aliphatic rings. The van der Waals surface area contributed by atoms with E-state index in [2.05, 4.69) is 47.6 Å². The quantitative estimate of drug-likeness (QED) is 0.757. The number of pyridine rings is 1. The van der Waals surface area contributed by atoms with Crippen LogP contribution in [0.3, 0.4) is 0 Å². The van der Waals surface area contributed by atoms with Gasteiger partial charge in [0, 0.05) is 39.3 Å². The molecule has 1 atom stereocenters. The van der Waals surface area contributed by atoms with Crippen molar-refractivity contribution in [3.63, 3.8) is 0 Å². The molecule has 2 heterocycles. The molecule has 5 heteroatoms. The van der Waals surface area contributed by atoms with Gasteiger partial charge in [-0.05, 0) is 48.4 Å². The molecule has 3 rings (SSSR count). The van der Waals surface area contributed by atoms with Crippen molar-refractivity contribution in [2.24, 2.45) is 5.41 Å². The van der Waals surface area contributed by atoms with Crippen LogP contribution in [-0.2, 0) is 20.7 Å². The lowest BCUT2D eigenvalue weighted by Gasteiger charge is -2.36. The number of carbonyl (C=O) groups excluding carboxylic acids is 1. The summed E-state index contributed by atoms with van der Waals surface area (Å²) in [5, 5.41) is 3.12. The van der Waals surface area contributed by atoms with Crippen molar-refractivity contribution >= 4 is 5.91 Å². The van der Waals surface area contributed by atoms with Crippen LogP contribution in [0, 0.1) is 5.41 Å². The van der Waals surface area contributed by atoms with Crippen molar-refractivity contribution in [3.8, 4) is 11.1 Å². The molecule has 1 N–H and O–H groups in total. The summed E-state index contributed by atoms with van der Waals surface area (Å²) in [6.45, 7) is 3.87. The van der Waals surface area contributed by atoms with Crippen LogP contribution in [0.2, 0.25) is 0 Å². The molecule has 0 aliphatic carbocycles. The Balaban J connectivity index is 1.72. The largest absolute Gasteiger partial charge is 0.381 e.